The Bertz CT molecular complexity index is 983. The lowest BCUT2D eigenvalue weighted by atomic mass is 9.99. The van der Waals surface area contributed by atoms with Crippen LogP contribution < -0.4 is 27.8 Å². The molecule has 0 aliphatic heterocycles. The van der Waals surface area contributed by atoms with Crippen LogP contribution in [0, 0.1) is 5.82 Å². The summed E-state index contributed by atoms with van der Waals surface area (Å²) in [5.41, 5.74) is 12.4. The maximum atomic E-state index is 14.7. The maximum Gasteiger partial charge on any atom is 0.258 e. The number of carbonyl (C=O) groups is 1. The highest BCUT2D eigenvalue weighted by atomic mass is 32.2. The van der Waals surface area contributed by atoms with Crippen LogP contribution in [0.4, 0.5) is 15.9 Å². The number of hydrogen-bond donors (Lipinski definition) is 5. The predicted molar refractivity (Wildman–Crippen MR) is 130 cm³/mol. The Labute approximate surface area is 196 Å². The zero-order valence-corrected chi connectivity index (χ0v) is 19.4. The number of anilines is 2. The van der Waals surface area contributed by atoms with E-state index in [1.165, 1.54) is 24.9 Å². The van der Waals surface area contributed by atoms with Gasteiger partial charge < -0.3 is 16.5 Å². The summed E-state index contributed by atoms with van der Waals surface area (Å²) in [7, 11) is 1.47. The second-order valence-corrected chi connectivity index (χ2v) is 8.66. The first-order valence-corrected chi connectivity index (χ1v) is 11.7. The van der Waals surface area contributed by atoms with Crippen LogP contribution in [0.2, 0.25) is 0 Å². The van der Waals surface area contributed by atoms with Gasteiger partial charge in [0.15, 0.2) is 16.8 Å². The van der Waals surface area contributed by atoms with Crippen molar-refractivity contribution in [2.45, 2.75) is 42.9 Å². The van der Waals surface area contributed by atoms with Crippen LogP contribution in [-0.4, -0.2) is 36.3 Å². The van der Waals surface area contributed by atoms with Gasteiger partial charge in [-0.25, -0.2) is 15.2 Å². The molecular formula is C22H30FN7O2S. The molecule has 9 nitrogen and oxygen atoms in total. The summed E-state index contributed by atoms with van der Waals surface area (Å²) in [6, 6.07) is 6.53. The van der Waals surface area contributed by atoms with E-state index in [2.05, 4.69) is 26.2 Å². The number of halogens is 1. The number of nitrogens with two attached hydrogens (primary N) is 2. The van der Waals surface area contributed by atoms with Gasteiger partial charge in [-0.2, -0.15) is 0 Å². The maximum absolute atomic E-state index is 14.7. The molecular weight excluding hydrogens is 445 g/mol. The molecule has 178 valence electrons. The van der Waals surface area contributed by atoms with E-state index >= 15 is 0 Å². The average Bonchev–Trinajstić information content (AvgIpc) is 3.36. The van der Waals surface area contributed by atoms with Crippen molar-refractivity contribution in [2.75, 3.05) is 31.0 Å². The Balaban J connectivity index is 1.82. The Kier molecular flexibility index (Phi) is 9.43. The normalized spacial score (nSPS) is 14.4. The van der Waals surface area contributed by atoms with Crippen LogP contribution in [0.3, 0.4) is 0 Å². The molecule has 0 radical (unpaired) electrons. The summed E-state index contributed by atoms with van der Waals surface area (Å²) in [5, 5.41) is 3.01. The molecule has 1 aromatic heterocycles. The number of benzene rings is 1. The number of aliphatic imine (C=N–C) groups is 1. The first-order valence-electron chi connectivity index (χ1n) is 10.8. The molecule has 1 amide bonds. The minimum atomic E-state index is -0.555. The summed E-state index contributed by atoms with van der Waals surface area (Å²) >= 11 is 1.18. The van der Waals surface area contributed by atoms with E-state index in [1.807, 2.05) is 0 Å². The zero-order chi connectivity index (χ0) is 23.6. The average molecular weight is 476 g/mol. The molecule has 1 aromatic carbocycles. The van der Waals surface area contributed by atoms with E-state index in [9.17, 15) is 9.18 Å². The molecule has 1 aliphatic carbocycles. The van der Waals surface area contributed by atoms with E-state index in [0.717, 1.165) is 31.2 Å². The number of amides is 1. The fourth-order valence-corrected chi connectivity index (χ4v) is 4.48. The second kappa shape index (κ2) is 12.5. The van der Waals surface area contributed by atoms with Crippen molar-refractivity contribution in [3.63, 3.8) is 0 Å². The quantitative estimate of drug-likeness (QED) is 0.0929. The number of hydrazine groups is 1. The van der Waals surface area contributed by atoms with Gasteiger partial charge in [-0.1, -0.05) is 24.6 Å². The van der Waals surface area contributed by atoms with Gasteiger partial charge in [-0.3, -0.25) is 20.1 Å². The number of nitrogens with one attached hydrogen (secondary N) is 3. The fraction of sp³-hybridized carbons (Fsp3) is 0.409. The Morgan fingerprint density at radius 1 is 1.33 bits per heavy atom. The standard InChI is InChI=1S/C22H30FN7O2S/c1-32-30-16-7-8-19(33-22(29-25)26-10-4-9-24)17(12-16)21(31)28-20-18(23)11-15(13-27-20)14-5-2-3-6-14/h7-8,11-14,30H,2-6,9-10,24-25H2,1H3,(H,26,29)(H,27,28,31). The number of rotatable bonds is 9. The number of nitrogens with zero attached hydrogens (tertiary/aromatic N) is 2. The van der Waals surface area contributed by atoms with Crippen molar-refractivity contribution in [3.8, 4) is 0 Å². The summed E-state index contributed by atoms with van der Waals surface area (Å²) in [5.74, 6) is 4.73. The monoisotopic (exact) mass is 475 g/mol. The minimum Gasteiger partial charge on any atom is -0.330 e. The van der Waals surface area contributed by atoms with Crippen molar-refractivity contribution in [3.05, 3.63) is 47.4 Å². The van der Waals surface area contributed by atoms with Crippen LogP contribution in [0.5, 0.6) is 0 Å². The van der Waals surface area contributed by atoms with Crippen LogP contribution in [-0.2, 0) is 4.84 Å². The summed E-state index contributed by atoms with van der Waals surface area (Å²) in [6.45, 7) is 1.01. The molecule has 7 N–H and O–H groups in total. The van der Waals surface area contributed by atoms with Gasteiger partial charge in [-0.15, -0.1) is 0 Å². The first kappa shape index (κ1) is 24.9. The Morgan fingerprint density at radius 2 is 2.12 bits per heavy atom. The molecule has 1 heterocycles. The van der Waals surface area contributed by atoms with Gasteiger partial charge in [0.05, 0.1) is 18.4 Å². The summed E-state index contributed by atoms with van der Waals surface area (Å²) in [4.78, 5) is 27.2. The number of hydrogen-bond acceptors (Lipinski definition) is 8. The van der Waals surface area contributed by atoms with Gasteiger partial charge in [0, 0.05) is 17.6 Å². The lowest BCUT2D eigenvalue weighted by Crippen LogP contribution is -2.28. The topological polar surface area (TPSA) is 140 Å². The third-order valence-corrected chi connectivity index (χ3v) is 6.33. The highest BCUT2D eigenvalue weighted by Crippen LogP contribution is 2.34. The SMILES string of the molecule is CONc1ccc(SC(=NCCCN)NN)c(C(=O)Nc2ncc(C3CCCC3)cc2F)c1. The van der Waals surface area contributed by atoms with Crippen molar-refractivity contribution >= 4 is 34.3 Å². The van der Waals surface area contributed by atoms with E-state index in [1.54, 1.807) is 24.4 Å². The van der Waals surface area contributed by atoms with Crippen molar-refractivity contribution < 1.29 is 14.0 Å². The second-order valence-electron chi connectivity index (χ2n) is 7.63. The molecule has 1 fully saturated rings. The molecule has 1 aliphatic rings. The van der Waals surface area contributed by atoms with Gasteiger partial charge in [-0.05, 0) is 61.6 Å². The van der Waals surface area contributed by atoms with E-state index in [0.29, 0.717) is 41.2 Å². The third-order valence-electron chi connectivity index (χ3n) is 5.31. The van der Waals surface area contributed by atoms with Crippen LogP contribution in [0.25, 0.3) is 0 Å². The number of carbonyl (C=O) groups excluding carboxylic acids is 1. The predicted octanol–water partition coefficient (Wildman–Crippen LogP) is 3.36. The van der Waals surface area contributed by atoms with Crippen molar-refractivity contribution in [1.29, 1.82) is 0 Å². The third kappa shape index (κ3) is 6.87. The minimum absolute atomic E-state index is 0.114. The van der Waals surface area contributed by atoms with Crippen molar-refractivity contribution in [2.24, 2.45) is 16.6 Å². The van der Waals surface area contributed by atoms with Gasteiger partial charge in [0.25, 0.3) is 5.91 Å². The highest BCUT2D eigenvalue weighted by molar-refractivity contribution is 8.13. The van der Waals surface area contributed by atoms with Crippen molar-refractivity contribution in [1.82, 2.24) is 10.4 Å². The molecule has 0 saturated heterocycles. The summed E-state index contributed by atoms with van der Waals surface area (Å²) < 4.78 is 14.7. The van der Waals surface area contributed by atoms with E-state index < -0.39 is 11.7 Å². The molecule has 11 heteroatoms. The van der Waals surface area contributed by atoms with Gasteiger partial charge in [0.1, 0.15) is 0 Å². The molecule has 0 atom stereocenters. The molecule has 33 heavy (non-hydrogen) atoms. The van der Waals surface area contributed by atoms with E-state index in [4.69, 9.17) is 16.4 Å². The largest absolute Gasteiger partial charge is 0.330 e. The molecule has 0 unspecified atom stereocenters. The lowest BCUT2D eigenvalue weighted by molar-refractivity contribution is 0.102. The zero-order valence-electron chi connectivity index (χ0n) is 18.6. The molecule has 1 saturated carbocycles. The fourth-order valence-electron chi connectivity index (χ4n) is 3.66. The summed E-state index contributed by atoms with van der Waals surface area (Å²) in [6.07, 6.45) is 6.72. The van der Waals surface area contributed by atoms with Gasteiger partial charge >= 0.3 is 0 Å². The first-order chi connectivity index (χ1) is 16.0. The van der Waals surface area contributed by atoms with Crippen LogP contribution >= 0.6 is 11.8 Å². The lowest BCUT2D eigenvalue weighted by Gasteiger charge is -2.14. The Morgan fingerprint density at radius 3 is 2.79 bits per heavy atom. The van der Waals surface area contributed by atoms with Gasteiger partial charge in [0.2, 0.25) is 0 Å². The Hall–Kier alpha value is -2.73. The highest BCUT2D eigenvalue weighted by Gasteiger charge is 2.21. The number of aromatic nitrogens is 1. The van der Waals surface area contributed by atoms with Crippen LogP contribution in [0.1, 0.15) is 53.9 Å². The van der Waals surface area contributed by atoms with E-state index in [-0.39, 0.29) is 11.4 Å². The number of amidine groups is 1. The molecule has 0 bridgehead atoms. The number of thioether (sulfide) groups is 1. The smallest absolute Gasteiger partial charge is 0.258 e. The number of pyridine rings is 1. The van der Waals surface area contributed by atoms with Crippen LogP contribution in [0.15, 0.2) is 40.4 Å². The molecule has 3 rings (SSSR count). The molecule has 0 spiro atoms. The molecule has 2 aromatic rings.